The Balaban J connectivity index is 2.88. The van der Waals surface area contributed by atoms with Crippen molar-refractivity contribution >= 4 is 5.97 Å². The lowest BCUT2D eigenvalue weighted by atomic mass is 9.98. The highest BCUT2D eigenvalue weighted by molar-refractivity contribution is 5.71. The number of aliphatic carboxylic acids is 1. The number of tetrazole rings is 1. The van der Waals surface area contributed by atoms with Crippen LogP contribution in [0.1, 0.15) is 64.2 Å². The van der Waals surface area contributed by atoms with Gasteiger partial charge in [0.05, 0.1) is 0 Å². The number of carboxylic acids is 1. The first-order valence-electron chi connectivity index (χ1n) is 6.12. The minimum absolute atomic E-state index is 0.242. The maximum absolute atomic E-state index is 11.0. The maximum Gasteiger partial charge on any atom is 0.328 e. The highest BCUT2D eigenvalue weighted by atomic mass is 16.4. The molecule has 0 aliphatic heterocycles. The van der Waals surface area contributed by atoms with Gasteiger partial charge in [-0.15, -0.1) is 5.10 Å². The van der Waals surface area contributed by atoms with E-state index in [-0.39, 0.29) is 5.92 Å². The lowest BCUT2D eigenvalue weighted by Crippen LogP contribution is -2.21. The molecule has 0 aliphatic rings. The average molecular weight is 240 g/mol. The molecule has 0 fully saturated rings. The van der Waals surface area contributed by atoms with Crippen LogP contribution in [0.2, 0.25) is 0 Å². The van der Waals surface area contributed by atoms with Crippen LogP contribution in [0.5, 0.6) is 0 Å². The van der Waals surface area contributed by atoms with Crippen molar-refractivity contribution in [3.8, 4) is 0 Å². The van der Waals surface area contributed by atoms with E-state index in [1.165, 1.54) is 4.68 Å². The van der Waals surface area contributed by atoms with Gasteiger partial charge in [0.25, 0.3) is 0 Å². The van der Waals surface area contributed by atoms with Crippen LogP contribution in [0.3, 0.4) is 0 Å². The van der Waals surface area contributed by atoms with Crippen LogP contribution in [-0.4, -0.2) is 31.3 Å². The number of nitrogens with zero attached hydrogens (tertiary/aromatic N) is 4. The molecule has 17 heavy (non-hydrogen) atoms. The van der Waals surface area contributed by atoms with Crippen molar-refractivity contribution in [2.45, 2.75) is 58.4 Å². The summed E-state index contributed by atoms with van der Waals surface area (Å²) in [6.45, 7) is 5.80. The van der Waals surface area contributed by atoms with Crippen molar-refractivity contribution in [2.75, 3.05) is 0 Å². The summed E-state index contributed by atoms with van der Waals surface area (Å²) in [5.74, 6) is 0.0199. The number of rotatable bonds is 7. The van der Waals surface area contributed by atoms with Gasteiger partial charge in [-0.1, -0.05) is 26.7 Å². The third kappa shape index (κ3) is 3.25. The summed E-state index contributed by atoms with van der Waals surface area (Å²) in [6.07, 6.45) is 4.14. The first-order valence-corrected chi connectivity index (χ1v) is 6.12. The van der Waals surface area contributed by atoms with Crippen LogP contribution < -0.4 is 0 Å². The first-order chi connectivity index (χ1) is 8.11. The van der Waals surface area contributed by atoms with E-state index in [4.69, 9.17) is 5.11 Å². The van der Waals surface area contributed by atoms with Crippen LogP contribution in [0, 0.1) is 0 Å². The van der Waals surface area contributed by atoms with Crippen molar-refractivity contribution in [3.63, 3.8) is 0 Å². The summed E-state index contributed by atoms with van der Waals surface area (Å²) in [5.41, 5.74) is 0. The molecule has 6 heteroatoms. The Bertz CT molecular complexity index is 364. The highest BCUT2D eigenvalue weighted by Crippen LogP contribution is 2.24. The summed E-state index contributed by atoms with van der Waals surface area (Å²) < 4.78 is 1.42. The molecule has 96 valence electrons. The van der Waals surface area contributed by atoms with E-state index >= 15 is 0 Å². The zero-order valence-electron chi connectivity index (χ0n) is 10.6. The van der Waals surface area contributed by atoms with Gasteiger partial charge in [0.15, 0.2) is 5.82 Å². The lowest BCUT2D eigenvalue weighted by molar-refractivity contribution is -0.140. The van der Waals surface area contributed by atoms with Gasteiger partial charge in [-0.3, -0.25) is 0 Å². The molecule has 6 nitrogen and oxygen atoms in total. The van der Waals surface area contributed by atoms with Crippen LogP contribution in [0.25, 0.3) is 0 Å². The van der Waals surface area contributed by atoms with Gasteiger partial charge < -0.3 is 5.11 Å². The molecular formula is C11H20N4O2. The number of carboxylic acid groups (broad SMARTS) is 1. The third-order valence-electron chi connectivity index (χ3n) is 3.01. The quantitative estimate of drug-likeness (QED) is 0.788. The second-order valence-corrected chi connectivity index (χ2v) is 4.24. The van der Waals surface area contributed by atoms with Gasteiger partial charge in [0.1, 0.15) is 6.04 Å². The molecule has 0 aliphatic carbocycles. The van der Waals surface area contributed by atoms with E-state index in [0.717, 1.165) is 25.7 Å². The fraction of sp³-hybridized carbons (Fsp3) is 0.818. The topological polar surface area (TPSA) is 80.9 Å². The zero-order valence-corrected chi connectivity index (χ0v) is 10.6. The predicted octanol–water partition coefficient (Wildman–Crippen LogP) is 2.00. The van der Waals surface area contributed by atoms with Crippen molar-refractivity contribution in [2.24, 2.45) is 0 Å². The molecule has 2 atom stereocenters. The molecule has 1 aromatic rings. The normalized spacial score (nSPS) is 14.5. The third-order valence-corrected chi connectivity index (χ3v) is 3.01. The second kappa shape index (κ2) is 6.32. The molecule has 1 aromatic heterocycles. The smallest absolute Gasteiger partial charge is 0.328 e. The van der Waals surface area contributed by atoms with Gasteiger partial charge in [0, 0.05) is 5.92 Å². The Labute approximate surface area is 101 Å². The molecular weight excluding hydrogens is 220 g/mol. The minimum atomic E-state index is -0.913. The van der Waals surface area contributed by atoms with Gasteiger partial charge in [-0.2, -0.15) is 0 Å². The maximum atomic E-state index is 11.0. The Kier molecular flexibility index (Phi) is 5.06. The summed E-state index contributed by atoms with van der Waals surface area (Å²) in [4.78, 5) is 11.0. The summed E-state index contributed by atoms with van der Waals surface area (Å²) in [7, 11) is 0. The largest absolute Gasteiger partial charge is 0.480 e. The van der Waals surface area contributed by atoms with E-state index in [1.54, 1.807) is 6.92 Å². The molecule has 0 radical (unpaired) electrons. The number of hydrogen-bond donors (Lipinski definition) is 1. The SMILES string of the molecule is CCCCC(CC)c1nnnn1C(C)C(=O)O. The Morgan fingerprint density at radius 2 is 2.18 bits per heavy atom. The molecule has 1 heterocycles. The van der Waals surface area contributed by atoms with Crippen LogP contribution in [-0.2, 0) is 4.79 Å². The second-order valence-electron chi connectivity index (χ2n) is 4.24. The van der Waals surface area contributed by atoms with Crippen molar-refractivity contribution in [1.82, 2.24) is 20.2 Å². The van der Waals surface area contributed by atoms with E-state index in [1.807, 2.05) is 0 Å². The lowest BCUT2D eigenvalue weighted by Gasteiger charge is -2.15. The molecule has 1 N–H and O–H groups in total. The molecule has 0 saturated carbocycles. The van der Waals surface area contributed by atoms with Crippen LogP contribution >= 0.6 is 0 Å². The van der Waals surface area contributed by atoms with Gasteiger partial charge in [-0.25, -0.2) is 9.48 Å². The molecule has 2 unspecified atom stereocenters. The Morgan fingerprint density at radius 3 is 2.71 bits per heavy atom. The zero-order chi connectivity index (χ0) is 12.8. The van der Waals surface area contributed by atoms with Crippen molar-refractivity contribution < 1.29 is 9.90 Å². The fourth-order valence-corrected chi connectivity index (χ4v) is 1.82. The molecule has 0 saturated heterocycles. The average Bonchev–Trinajstić information content (AvgIpc) is 2.78. The number of carbonyl (C=O) groups is 1. The van der Waals surface area contributed by atoms with Gasteiger partial charge in [0.2, 0.25) is 0 Å². The Morgan fingerprint density at radius 1 is 1.47 bits per heavy atom. The van der Waals surface area contributed by atoms with Gasteiger partial charge in [-0.05, 0) is 30.2 Å². The number of hydrogen-bond acceptors (Lipinski definition) is 4. The number of aromatic nitrogens is 4. The molecule has 0 bridgehead atoms. The number of unbranched alkanes of at least 4 members (excludes halogenated alkanes) is 1. The van der Waals surface area contributed by atoms with E-state index in [0.29, 0.717) is 5.82 Å². The highest BCUT2D eigenvalue weighted by Gasteiger charge is 2.23. The molecule has 0 spiro atoms. The minimum Gasteiger partial charge on any atom is -0.480 e. The fourth-order valence-electron chi connectivity index (χ4n) is 1.82. The first kappa shape index (κ1) is 13.6. The van der Waals surface area contributed by atoms with Crippen molar-refractivity contribution in [3.05, 3.63) is 5.82 Å². The van der Waals surface area contributed by atoms with Crippen LogP contribution in [0.15, 0.2) is 0 Å². The summed E-state index contributed by atoms with van der Waals surface area (Å²) in [6, 6.07) is -0.712. The summed E-state index contributed by atoms with van der Waals surface area (Å²) >= 11 is 0. The Hall–Kier alpha value is -1.46. The van der Waals surface area contributed by atoms with Crippen molar-refractivity contribution in [1.29, 1.82) is 0 Å². The molecule has 0 amide bonds. The summed E-state index contributed by atoms with van der Waals surface area (Å²) in [5, 5.41) is 20.4. The standard InChI is InChI=1S/C11H20N4O2/c1-4-6-7-9(5-2)10-12-13-14-15(10)8(3)11(16)17/h8-9H,4-7H2,1-3H3,(H,16,17). The monoisotopic (exact) mass is 240 g/mol. The van der Waals surface area contributed by atoms with E-state index < -0.39 is 12.0 Å². The van der Waals surface area contributed by atoms with Gasteiger partial charge >= 0.3 is 5.97 Å². The van der Waals surface area contributed by atoms with E-state index in [2.05, 4.69) is 29.4 Å². The molecule has 0 aromatic carbocycles. The predicted molar refractivity (Wildman–Crippen MR) is 62.7 cm³/mol. The van der Waals surface area contributed by atoms with E-state index in [9.17, 15) is 4.79 Å². The molecule has 1 rings (SSSR count). The van der Waals surface area contributed by atoms with Crippen LogP contribution in [0.4, 0.5) is 0 Å².